The van der Waals surface area contributed by atoms with Crippen molar-refractivity contribution in [3.8, 4) is 11.5 Å². The number of benzene rings is 1. The van der Waals surface area contributed by atoms with Crippen LogP contribution in [0.3, 0.4) is 0 Å². The van der Waals surface area contributed by atoms with Crippen molar-refractivity contribution < 1.29 is 23.0 Å². The first kappa shape index (κ1) is 20.6. The van der Waals surface area contributed by atoms with Crippen LogP contribution < -0.4 is 9.47 Å². The van der Waals surface area contributed by atoms with Gasteiger partial charge in [0.25, 0.3) is 0 Å². The zero-order valence-corrected chi connectivity index (χ0v) is 17.7. The molecule has 1 aromatic carbocycles. The van der Waals surface area contributed by atoms with Gasteiger partial charge in [-0.25, -0.2) is 0 Å². The summed E-state index contributed by atoms with van der Waals surface area (Å²) in [5.74, 6) is 0.0362. The molecular weight excluding hydrogens is 428 g/mol. The number of ether oxygens (including phenoxy) is 2. The number of halogens is 2. The van der Waals surface area contributed by atoms with Gasteiger partial charge in [-0.15, -0.1) is 22.7 Å². The topological polar surface area (TPSA) is 38.8 Å². The Morgan fingerprint density at radius 2 is 2.07 bits per heavy atom. The minimum atomic E-state index is -2.93. The smallest absolute Gasteiger partial charge is 0.387 e. The summed E-state index contributed by atoms with van der Waals surface area (Å²) < 4.78 is 34.5. The van der Waals surface area contributed by atoms with Crippen LogP contribution in [0, 0.1) is 0 Å². The lowest BCUT2D eigenvalue weighted by Gasteiger charge is -2.34. The Labute approximate surface area is 181 Å². The van der Waals surface area contributed by atoms with Crippen LogP contribution in [-0.2, 0) is 11.2 Å². The molecule has 156 valence electrons. The molecular formula is C22H19F2NO3S2. The maximum Gasteiger partial charge on any atom is 0.387 e. The standard InChI is InChI=1S/C22H19F2NO3S2/c1-27-17-13-14(4-6-16(17)28-22(23)24)5-7-20(26)25-10-8-18-15(9-12-30-18)21(25)19-3-2-11-29-19/h2-7,9,11-13,21-22H,8,10H2,1H3/b7-5+. The van der Waals surface area contributed by atoms with Gasteiger partial charge in [0.1, 0.15) is 0 Å². The number of fused-ring (bicyclic) bond motifs is 1. The van der Waals surface area contributed by atoms with Gasteiger partial charge in [-0.3, -0.25) is 4.79 Å². The van der Waals surface area contributed by atoms with E-state index in [1.54, 1.807) is 40.9 Å². The Kier molecular flexibility index (Phi) is 6.15. The lowest BCUT2D eigenvalue weighted by molar-refractivity contribution is -0.127. The maximum atomic E-state index is 13.1. The van der Waals surface area contributed by atoms with Gasteiger partial charge in [0.05, 0.1) is 13.2 Å². The fourth-order valence-corrected chi connectivity index (χ4v) is 5.31. The molecule has 1 aliphatic heterocycles. The Balaban J connectivity index is 1.56. The molecule has 1 aliphatic rings. The fraction of sp³-hybridized carbons (Fsp3) is 0.227. The molecule has 30 heavy (non-hydrogen) atoms. The second-order valence-electron chi connectivity index (χ2n) is 6.62. The average Bonchev–Trinajstić information content (AvgIpc) is 3.43. The SMILES string of the molecule is COc1cc(/C=C/C(=O)N2CCc3sccc3C2c2cccs2)ccc1OC(F)F. The molecule has 3 aromatic rings. The molecule has 0 spiro atoms. The summed E-state index contributed by atoms with van der Waals surface area (Å²) in [6.45, 7) is -2.29. The second-order valence-corrected chi connectivity index (χ2v) is 8.60. The van der Waals surface area contributed by atoms with Crippen molar-refractivity contribution >= 4 is 34.7 Å². The number of amides is 1. The van der Waals surface area contributed by atoms with Gasteiger partial charge in [-0.05, 0) is 58.6 Å². The van der Waals surface area contributed by atoms with Crippen molar-refractivity contribution in [1.29, 1.82) is 0 Å². The molecule has 2 aromatic heterocycles. The van der Waals surface area contributed by atoms with Gasteiger partial charge in [0.15, 0.2) is 11.5 Å². The normalized spacial score (nSPS) is 16.1. The third-order valence-electron chi connectivity index (χ3n) is 4.88. The Bertz CT molecular complexity index is 1050. The van der Waals surface area contributed by atoms with Gasteiger partial charge in [0.2, 0.25) is 5.91 Å². The van der Waals surface area contributed by atoms with Crippen LogP contribution in [0.5, 0.6) is 11.5 Å². The van der Waals surface area contributed by atoms with Crippen molar-refractivity contribution in [2.24, 2.45) is 0 Å². The second kappa shape index (κ2) is 8.97. The average molecular weight is 448 g/mol. The van der Waals surface area contributed by atoms with Gasteiger partial charge in [-0.1, -0.05) is 12.1 Å². The lowest BCUT2D eigenvalue weighted by atomic mass is 9.98. The summed E-state index contributed by atoms with van der Waals surface area (Å²) in [5, 5.41) is 4.09. The van der Waals surface area contributed by atoms with Crippen molar-refractivity contribution in [2.75, 3.05) is 13.7 Å². The van der Waals surface area contributed by atoms with Crippen LogP contribution in [-0.4, -0.2) is 31.1 Å². The third kappa shape index (κ3) is 4.24. The molecule has 0 N–H and O–H groups in total. The predicted molar refractivity (Wildman–Crippen MR) is 115 cm³/mol. The molecule has 4 rings (SSSR count). The van der Waals surface area contributed by atoms with E-state index < -0.39 is 6.61 Å². The number of carbonyl (C=O) groups excluding carboxylic acids is 1. The molecule has 0 saturated carbocycles. The molecule has 1 unspecified atom stereocenters. The van der Waals surface area contributed by atoms with Crippen LogP contribution >= 0.6 is 22.7 Å². The van der Waals surface area contributed by atoms with Gasteiger partial charge in [-0.2, -0.15) is 8.78 Å². The highest BCUT2D eigenvalue weighted by atomic mass is 32.1. The summed E-state index contributed by atoms with van der Waals surface area (Å²) in [5.41, 5.74) is 1.84. The van der Waals surface area contributed by atoms with Crippen molar-refractivity contribution in [3.63, 3.8) is 0 Å². The van der Waals surface area contributed by atoms with Crippen LogP contribution in [0.1, 0.15) is 26.9 Å². The van der Waals surface area contributed by atoms with E-state index in [1.165, 1.54) is 29.7 Å². The largest absolute Gasteiger partial charge is 0.493 e. The van der Waals surface area contributed by atoms with E-state index in [9.17, 15) is 13.6 Å². The highest BCUT2D eigenvalue weighted by Crippen LogP contribution is 2.39. The van der Waals surface area contributed by atoms with Crippen LogP contribution in [0.2, 0.25) is 0 Å². The van der Waals surface area contributed by atoms with Crippen molar-refractivity contribution in [3.05, 3.63) is 74.1 Å². The molecule has 4 nitrogen and oxygen atoms in total. The molecule has 0 bridgehead atoms. The lowest BCUT2D eigenvalue weighted by Crippen LogP contribution is -2.38. The highest BCUT2D eigenvalue weighted by Gasteiger charge is 2.32. The molecule has 1 atom stereocenters. The van der Waals surface area contributed by atoms with E-state index in [4.69, 9.17) is 4.74 Å². The van der Waals surface area contributed by atoms with Gasteiger partial charge >= 0.3 is 6.61 Å². The number of nitrogens with zero attached hydrogens (tertiary/aromatic N) is 1. The summed E-state index contributed by atoms with van der Waals surface area (Å²) >= 11 is 3.37. The van der Waals surface area contributed by atoms with E-state index in [0.717, 1.165) is 11.3 Å². The van der Waals surface area contributed by atoms with Crippen molar-refractivity contribution in [1.82, 2.24) is 4.90 Å². The number of hydrogen-bond donors (Lipinski definition) is 0. The molecule has 0 saturated heterocycles. The maximum absolute atomic E-state index is 13.1. The number of hydrogen-bond acceptors (Lipinski definition) is 5. The third-order valence-corrected chi connectivity index (χ3v) is 6.80. The number of carbonyl (C=O) groups is 1. The minimum absolute atomic E-state index is 0.0465. The van der Waals surface area contributed by atoms with E-state index in [2.05, 4.69) is 22.2 Å². The zero-order valence-electron chi connectivity index (χ0n) is 16.1. The Morgan fingerprint density at radius 3 is 2.80 bits per heavy atom. The molecule has 1 amide bonds. The monoisotopic (exact) mass is 447 g/mol. The summed E-state index contributed by atoms with van der Waals surface area (Å²) in [7, 11) is 1.38. The van der Waals surface area contributed by atoms with Crippen LogP contribution in [0.4, 0.5) is 8.78 Å². The number of methoxy groups -OCH3 is 1. The molecule has 0 radical (unpaired) electrons. The van der Waals surface area contributed by atoms with Gasteiger partial charge in [0, 0.05) is 22.4 Å². The highest BCUT2D eigenvalue weighted by molar-refractivity contribution is 7.10. The van der Waals surface area contributed by atoms with E-state index in [-0.39, 0.29) is 23.4 Å². The first-order valence-electron chi connectivity index (χ1n) is 9.28. The van der Waals surface area contributed by atoms with Crippen LogP contribution in [0.15, 0.2) is 53.2 Å². The number of rotatable bonds is 6. The summed E-state index contributed by atoms with van der Waals surface area (Å²) in [4.78, 5) is 17.4. The van der Waals surface area contributed by atoms with Gasteiger partial charge < -0.3 is 14.4 Å². The molecule has 0 fully saturated rings. The zero-order chi connectivity index (χ0) is 21.1. The summed E-state index contributed by atoms with van der Waals surface area (Å²) in [6.07, 6.45) is 4.01. The summed E-state index contributed by atoms with van der Waals surface area (Å²) in [6, 6.07) is 10.6. The molecule has 0 aliphatic carbocycles. The first-order valence-corrected chi connectivity index (χ1v) is 11.0. The predicted octanol–water partition coefficient (Wildman–Crippen LogP) is 5.61. The number of thiophene rings is 2. The fourth-order valence-electron chi connectivity index (χ4n) is 3.55. The van der Waals surface area contributed by atoms with E-state index in [1.807, 2.05) is 16.3 Å². The molecule has 3 heterocycles. The minimum Gasteiger partial charge on any atom is -0.493 e. The first-order chi connectivity index (χ1) is 14.6. The number of alkyl halides is 2. The van der Waals surface area contributed by atoms with E-state index in [0.29, 0.717) is 12.1 Å². The quantitative estimate of drug-likeness (QED) is 0.461. The Morgan fingerprint density at radius 1 is 1.20 bits per heavy atom. The van der Waals surface area contributed by atoms with Crippen LogP contribution in [0.25, 0.3) is 6.08 Å². The molecule has 8 heteroatoms. The van der Waals surface area contributed by atoms with E-state index >= 15 is 0 Å². The van der Waals surface area contributed by atoms with Crippen molar-refractivity contribution in [2.45, 2.75) is 19.1 Å². The Hall–Kier alpha value is -2.71.